The van der Waals surface area contributed by atoms with Crippen LogP contribution in [0.3, 0.4) is 0 Å². The fourth-order valence-electron chi connectivity index (χ4n) is 7.10. The summed E-state index contributed by atoms with van der Waals surface area (Å²) in [5, 5.41) is 9.03. The maximum absolute atomic E-state index is 12.6. The van der Waals surface area contributed by atoms with Gasteiger partial charge in [-0.05, 0) is 112 Å². The summed E-state index contributed by atoms with van der Waals surface area (Å²) in [5.41, 5.74) is 0.531. The highest BCUT2D eigenvalue weighted by Crippen LogP contribution is 2.46. The zero-order chi connectivity index (χ0) is 22.3. The van der Waals surface area contributed by atoms with E-state index in [9.17, 15) is 4.79 Å². The van der Waals surface area contributed by atoms with Crippen molar-refractivity contribution < 1.29 is 9.53 Å². The lowest BCUT2D eigenvalue weighted by molar-refractivity contribution is -0.140. The first-order valence-corrected chi connectivity index (χ1v) is 13.4. The van der Waals surface area contributed by atoms with Gasteiger partial charge in [0.1, 0.15) is 5.75 Å². The van der Waals surface area contributed by atoms with Gasteiger partial charge < -0.3 is 4.74 Å². The van der Waals surface area contributed by atoms with Crippen LogP contribution >= 0.6 is 0 Å². The van der Waals surface area contributed by atoms with Crippen molar-refractivity contribution in [3.05, 3.63) is 29.8 Å². The Balaban J connectivity index is 1.18. The number of hydrogen-bond acceptors (Lipinski definition) is 3. The largest absolute Gasteiger partial charge is 0.426 e. The van der Waals surface area contributed by atoms with Crippen molar-refractivity contribution in [2.75, 3.05) is 0 Å². The molecule has 3 saturated carbocycles. The van der Waals surface area contributed by atoms with Gasteiger partial charge in [-0.3, -0.25) is 4.79 Å². The van der Waals surface area contributed by atoms with Crippen molar-refractivity contribution in [3.8, 4) is 11.8 Å². The minimum absolute atomic E-state index is 0.0200. The zero-order valence-electron chi connectivity index (χ0n) is 19.9. The summed E-state index contributed by atoms with van der Waals surface area (Å²) in [4.78, 5) is 12.6. The van der Waals surface area contributed by atoms with E-state index in [1.165, 1.54) is 77.0 Å². The first kappa shape index (κ1) is 23.3. The number of hydrogen-bond donors (Lipinski definition) is 0. The molecule has 0 bridgehead atoms. The number of rotatable bonds is 6. The van der Waals surface area contributed by atoms with E-state index in [0.717, 1.165) is 42.4 Å². The van der Waals surface area contributed by atoms with Gasteiger partial charge >= 0.3 is 5.97 Å². The van der Waals surface area contributed by atoms with Crippen LogP contribution in [0.1, 0.15) is 102 Å². The summed E-state index contributed by atoms with van der Waals surface area (Å²) in [6.45, 7) is 2.33. The van der Waals surface area contributed by atoms with Crippen molar-refractivity contribution in [2.24, 2.45) is 35.5 Å². The Morgan fingerprint density at radius 1 is 0.875 bits per heavy atom. The lowest BCUT2D eigenvalue weighted by atomic mass is 9.65. The molecule has 0 N–H and O–H groups in total. The molecule has 174 valence electrons. The molecule has 0 unspecified atom stereocenters. The quantitative estimate of drug-likeness (QED) is 0.340. The van der Waals surface area contributed by atoms with Crippen LogP contribution in [0.5, 0.6) is 5.75 Å². The molecule has 3 heteroatoms. The predicted molar refractivity (Wildman–Crippen MR) is 128 cm³/mol. The highest BCUT2D eigenvalue weighted by Gasteiger charge is 2.36. The number of ether oxygens (including phenoxy) is 1. The van der Waals surface area contributed by atoms with Crippen LogP contribution in [0.25, 0.3) is 0 Å². The van der Waals surface area contributed by atoms with E-state index in [1.807, 2.05) is 0 Å². The van der Waals surface area contributed by atoms with Gasteiger partial charge in [0.05, 0.1) is 17.6 Å². The van der Waals surface area contributed by atoms with E-state index in [0.29, 0.717) is 11.3 Å². The van der Waals surface area contributed by atoms with Gasteiger partial charge in [0.2, 0.25) is 0 Å². The monoisotopic (exact) mass is 435 g/mol. The topological polar surface area (TPSA) is 50.1 Å². The smallest absolute Gasteiger partial charge is 0.314 e. The number of carbonyl (C=O) groups is 1. The van der Waals surface area contributed by atoms with Crippen LogP contribution < -0.4 is 4.74 Å². The van der Waals surface area contributed by atoms with Crippen molar-refractivity contribution in [1.82, 2.24) is 0 Å². The first-order valence-electron chi connectivity index (χ1n) is 13.4. The fraction of sp³-hybridized carbons (Fsp3) is 0.724. The number of carbonyl (C=O) groups excluding carboxylic acids is 1. The van der Waals surface area contributed by atoms with Crippen LogP contribution in [0, 0.1) is 46.8 Å². The molecule has 1 aromatic carbocycles. The van der Waals surface area contributed by atoms with Crippen LogP contribution in [-0.2, 0) is 4.79 Å². The third-order valence-electron chi connectivity index (χ3n) is 9.02. The van der Waals surface area contributed by atoms with Gasteiger partial charge in [-0.1, -0.05) is 38.7 Å². The molecule has 4 rings (SSSR count). The second kappa shape index (κ2) is 11.4. The molecule has 0 radical (unpaired) electrons. The highest BCUT2D eigenvalue weighted by atomic mass is 16.5. The maximum atomic E-state index is 12.6. The molecule has 3 aliphatic carbocycles. The molecule has 0 atom stereocenters. The summed E-state index contributed by atoms with van der Waals surface area (Å²) in [6.07, 6.45) is 18.8. The Morgan fingerprint density at radius 2 is 1.41 bits per heavy atom. The summed E-state index contributed by atoms with van der Waals surface area (Å²) in [6, 6.07) is 9.02. The Morgan fingerprint density at radius 3 is 1.94 bits per heavy atom. The Bertz CT molecular complexity index is 773. The standard InChI is InChI=1S/C29H41NO2/c1-2-4-21-7-9-23(10-8-21)24-11-13-25(14-12-24)26-15-17-27(18-16-26)29(31)32-28-6-3-5-22(19-28)20-30/h3,5-6,19,21,23-27H,2,4,7-18H2,1H3. The number of nitrogens with zero attached hydrogens (tertiary/aromatic N) is 1. The molecule has 1 aromatic rings. The summed E-state index contributed by atoms with van der Waals surface area (Å²) >= 11 is 0. The lowest BCUT2D eigenvalue weighted by Gasteiger charge is -2.41. The molecule has 0 spiro atoms. The SMILES string of the molecule is CCCC1CCC(C2CCC(C3CCC(C(=O)Oc4cccc(C#N)c4)CC3)CC2)CC1. The first-order chi connectivity index (χ1) is 15.7. The van der Waals surface area contributed by atoms with Crippen molar-refractivity contribution in [3.63, 3.8) is 0 Å². The number of nitriles is 1. The van der Waals surface area contributed by atoms with E-state index in [2.05, 4.69) is 13.0 Å². The van der Waals surface area contributed by atoms with E-state index < -0.39 is 0 Å². The minimum atomic E-state index is -0.110. The third kappa shape index (κ3) is 5.94. The molecular formula is C29H41NO2. The molecule has 0 amide bonds. The third-order valence-corrected chi connectivity index (χ3v) is 9.02. The highest BCUT2D eigenvalue weighted by molar-refractivity contribution is 5.75. The normalized spacial score (nSPS) is 33.2. The molecule has 0 saturated heterocycles. The van der Waals surface area contributed by atoms with Crippen LogP contribution in [-0.4, -0.2) is 5.97 Å². The second-order valence-corrected chi connectivity index (χ2v) is 10.9. The van der Waals surface area contributed by atoms with E-state index in [-0.39, 0.29) is 11.9 Å². The molecule has 3 aliphatic rings. The predicted octanol–water partition coefficient (Wildman–Crippen LogP) is 7.68. The number of esters is 1. The van der Waals surface area contributed by atoms with E-state index in [4.69, 9.17) is 10.00 Å². The van der Waals surface area contributed by atoms with Crippen LogP contribution in [0.2, 0.25) is 0 Å². The number of benzene rings is 1. The average molecular weight is 436 g/mol. The fourth-order valence-corrected chi connectivity index (χ4v) is 7.10. The van der Waals surface area contributed by atoms with Crippen LogP contribution in [0.15, 0.2) is 24.3 Å². The maximum Gasteiger partial charge on any atom is 0.314 e. The molecule has 0 aliphatic heterocycles. The van der Waals surface area contributed by atoms with Crippen LogP contribution in [0.4, 0.5) is 0 Å². The van der Waals surface area contributed by atoms with Gasteiger partial charge in [0.15, 0.2) is 0 Å². The van der Waals surface area contributed by atoms with Gasteiger partial charge in [-0.25, -0.2) is 0 Å². The van der Waals surface area contributed by atoms with E-state index in [1.54, 1.807) is 24.3 Å². The van der Waals surface area contributed by atoms with E-state index >= 15 is 0 Å². The Hall–Kier alpha value is -1.82. The molecule has 3 fully saturated rings. The molecule has 0 heterocycles. The molecular weight excluding hydrogens is 394 g/mol. The van der Waals surface area contributed by atoms with Gasteiger partial charge in [0, 0.05) is 0 Å². The van der Waals surface area contributed by atoms with Crippen molar-refractivity contribution in [1.29, 1.82) is 5.26 Å². The Kier molecular flexibility index (Phi) is 8.28. The van der Waals surface area contributed by atoms with Crippen molar-refractivity contribution >= 4 is 5.97 Å². The summed E-state index contributed by atoms with van der Waals surface area (Å²) in [5.74, 6) is 5.11. The minimum Gasteiger partial charge on any atom is -0.426 e. The molecule has 32 heavy (non-hydrogen) atoms. The average Bonchev–Trinajstić information content (AvgIpc) is 2.85. The zero-order valence-corrected chi connectivity index (χ0v) is 19.9. The summed E-state index contributed by atoms with van der Waals surface area (Å²) in [7, 11) is 0. The second-order valence-electron chi connectivity index (χ2n) is 10.9. The molecule has 3 nitrogen and oxygen atoms in total. The Labute approximate surface area is 194 Å². The lowest BCUT2D eigenvalue weighted by Crippen LogP contribution is -2.31. The van der Waals surface area contributed by atoms with Gasteiger partial charge in [-0.2, -0.15) is 5.26 Å². The summed E-state index contributed by atoms with van der Waals surface area (Å²) < 4.78 is 5.59. The van der Waals surface area contributed by atoms with Crippen molar-refractivity contribution in [2.45, 2.75) is 96.8 Å². The van der Waals surface area contributed by atoms with Gasteiger partial charge in [-0.15, -0.1) is 0 Å². The van der Waals surface area contributed by atoms with Gasteiger partial charge in [0.25, 0.3) is 0 Å². The molecule has 0 aromatic heterocycles.